The molecule has 0 bridgehead atoms. The van der Waals surface area contributed by atoms with E-state index in [1.165, 1.54) is 5.56 Å². The number of aliphatic hydroxyl groups excluding tert-OH is 1. The summed E-state index contributed by atoms with van der Waals surface area (Å²) in [6.07, 6.45) is 1.02. The Morgan fingerprint density at radius 3 is 2.94 bits per heavy atom. The topological polar surface area (TPSA) is 52.5 Å². The van der Waals surface area contributed by atoms with Crippen molar-refractivity contribution in [1.82, 2.24) is 5.32 Å². The van der Waals surface area contributed by atoms with Gasteiger partial charge in [0.15, 0.2) is 0 Å². The van der Waals surface area contributed by atoms with Crippen LogP contribution in [0.15, 0.2) is 23.1 Å². The Balaban J connectivity index is 2.37. The number of halogens is 1. The van der Waals surface area contributed by atoms with Gasteiger partial charge in [-0.3, -0.25) is 0 Å². The number of benzene rings is 1. The standard InChI is InChI=1S/C13H18FNO2S/c1-15-12(7-16)13(17,8-14)10-3-2-9-4-5-18-11(9)6-10/h2-3,6,12,15-17H,4-5,7-8H2,1H3. The molecule has 0 spiro atoms. The van der Waals surface area contributed by atoms with Crippen LogP contribution in [0.2, 0.25) is 0 Å². The summed E-state index contributed by atoms with van der Waals surface area (Å²) < 4.78 is 13.3. The second-order valence-corrected chi connectivity index (χ2v) is 5.64. The van der Waals surface area contributed by atoms with Gasteiger partial charge in [0.05, 0.1) is 12.6 Å². The van der Waals surface area contributed by atoms with Gasteiger partial charge in [0.1, 0.15) is 12.3 Å². The summed E-state index contributed by atoms with van der Waals surface area (Å²) in [6.45, 7) is -1.25. The van der Waals surface area contributed by atoms with E-state index in [4.69, 9.17) is 0 Å². The predicted octanol–water partition coefficient (Wildman–Crippen LogP) is 1.07. The molecule has 1 aliphatic heterocycles. The molecule has 100 valence electrons. The van der Waals surface area contributed by atoms with Gasteiger partial charge in [0.2, 0.25) is 0 Å². The molecular weight excluding hydrogens is 253 g/mol. The van der Waals surface area contributed by atoms with Crippen LogP contribution in [-0.4, -0.2) is 42.3 Å². The monoisotopic (exact) mass is 271 g/mol. The summed E-state index contributed by atoms with van der Waals surface area (Å²) in [6, 6.07) is 4.82. The zero-order valence-corrected chi connectivity index (χ0v) is 11.1. The van der Waals surface area contributed by atoms with Crippen LogP contribution in [0.1, 0.15) is 11.1 Å². The van der Waals surface area contributed by atoms with Crippen molar-refractivity contribution in [2.45, 2.75) is 23.0 Å². The lowest BCUT2D eigenvalue weighted by Gasteiger charge is -2.33. The van der Waals surface area contributed by atoms with Crippen molar-refractivity contribution in [2.75, 3.05) is 26.1 Å². The Bertz CT molecular complexity index is 425. The molecule has 0 fully saturated rings. The number of fused-ring (bicyclic) bond motifs is 1. The molecule has 5 heteroatoms. The van der Waals surface area contributed by atoms with Crippen molar-refractivity contribution in [1.29, 1.82) is 0 Å². The van der Waals surface area contributed by atoms with Crippen molar-refractivity contribution < 1.29 is 14.6 Å². The van der Waals surface area contributed by atoms with Gasteiger partial charge in [0, 0.05) is 10.6 Å². The number of aryl methyl sites for hydroxylation is 1. The third-order valence-corrected chi connectivity index (χ3v) is 4.61. The molecule has 0 saturated carbocycles. The summed E-state index contributed by atoms with van der Waals surface area (Å²) in [5.74, 6) is 1.03. The normalized spacial score (nSPS) is 19.3. The summed E-state index contributed by atoms with van der Waals surface area (Å²) in [5, 5.41) is 22.5. The average molecular weight is 271 g/mol. The maximum atomic E-state index is 13.3. The molecule has 2 atom stereocenters. The Labute approximate surface area is 110 Å². The van der Waals surface area contributed by atoms with E-state index in [0.29, 0.717) is 5.56 Å². The number of alkyl halides is 1. The van der Waals surface area contributed by atoms with Crippen molar-refractivity contribution >= 4 is 11.8 Å². The highest BCUT2D eigenvalue weighted by Crippen LogP contribution is 2.35. The van der Waals surface area contributed by atoms with Gasteiger partial charge < -0.3 is 15.5 Å². The number of hydrogen-bond donors (Lipinski definition) is 3. The minimum atomic E-state index is -1.68. The number of aliphatic hydroxyl groups is 2. The molecule has 1 aromatic rings. The maximum Gasteiger partial charge on any atom is 0.135 e. The minimum absolute atomic E-state index is 0.318. The van der Waals surface area contributed by atoms with Crippen LogP contribution >= 0.6 is 11.8 Å². The molecule has 1 heterocycles. The van der Waals surface area contributed by atoms with Gasteiger partial charge in [-0.1, -0.05) is 12.1 Å². The Kier molecular flexibility index (Phi) is 4.27. The minimum Gasteiger partial charge on any atom is -0.395 e. The van der Waals surface area contributed by atoms with Crippen LogP contribution in [-0.2, 0) is 12.0 Å². The van der Waals surface area contributed by atoms with E-state index in [0.717, 1.165) is 17.1 Å². The van der Waals surface area contributed by atoms with E-state index >= 15 is 0 Å². The molecule has 0 aromatic heterocycles. The molecule has 2 rings (SSSR count). The van der Waals surface area contributed by atoms with E-state index in [2.05, 4.69) is 5.32 Å². The first-order valence-corrected chi connectivity index (χ1v) is 6.97. The molecular formula is C13H18FNO2S. The molecule has 1 aromatic carbocycles. The third kappa shape index (κ3) is 2.28. The maximum absolute atomic E-state index is 13.3. The summed E-state index contributed by atoms with van der Waals surface area (Å²) >= 11 is 1.72. The van der Waals surface area contributed by atoms with Gasteiger partial charge in [-0.2, -0.15) is 0 Å². The van der Waals surface area contributed by atoms with Crippen LogP contribution < -0.4 is 5.32 Å². The second-order valence-electron chi connectivity index (χ2n) is 4.50. The van der Waals surface area contributed by atoms with E-state index < -0.39 is 18.3 Å². The molecule has 1 aliphatic rings. The van der Waals surface area contributed by atoms with Crippen LogP contribution in [0.3, 0.4) is 0 Å². The molecule has 3 N–H and O–H groups in total. The number of hydrogen-bond acceptors (Lipinski definition) is 4. The van der Waals surface area contributed by atoms with Crippen molar-refractivity contribution in [2.24, 2.45) is 0 Å². The first-order valence-electron chi connectivity index (χ1n) is 5.98. The second kappa shape index (κ2) is 5.57. The van der Waals surface area contributed by atoms with Crippen molar-refractivity contribution in [3.05, 3.63) is 29.3 Å². The molecule has 0 amide bonds. The van der Waals surface area contributed by atoms with Gasteiger partial charge in [-0.15, -0.1) is 11.8 Å². The molecule has 2 unspecified atom stereocenters. The zero-order valence-electron chi connectivity index (χ0n) is 10.3. The first kappa shape index (κ1) is 13.8. The summed E-state index contributed by atoms with van der Waals surface area (Å²) in [4.78, 5) is 1.10. The summed E-state index contributed by atoms with van der Waals surface area (Å²) in [5.41, 5.74) is 0.0864. The fourth-order valence-corrected chi connectivity index (χ4v) is 3.40. The highest BCUT2D eigenvalue weighted by Gasteiger charge is 2.38. The Morgan fingerprint density at radius 1 is 1.56 bits per heavy atom. The molecule has 3 nitrogen and oxygen atoms in total. The quantitative estimate of drug-likeness (QED) is 0.750. The lowest BCUT2D eigenvalue weighted by Crippen LogP contribution is -2.51. The van der Waals surface area contributed by atoms with E-state index in [-0.39, 0.29) is 6.61 Å². The SMILES string of the molecule is CNC(CO)C(O)(CF)c1ccc2c(c1)SCC2. The smallest absolute Gasteiger partial charge is 0.135 e. The number of thioether (sulfide) groups is 1. The fourth-order valence-electron chi connectivity index (χ4n) is 2.29. The highest BCUT2D eigenvalue weighted by molar-refractivity contribution is 7.99. The molecule has 0 radical (unpaired) electrons. The highest BCUT2D eigenvalue weighted by atomic mass is 32.2. The first-order chi connectivity index (χ1) is 8.65. The van der Waals surface area contributed by atoms with Crippen LogP contribution in [0.5, 0.6) is 0 Å². The van der Waals surface area contributed by atoms with Crippen LogP contribution in [0.4, 0.5) is 4.39 Å². The van der Waals surface area contributed by atoms with Gasteiger partial charge in [-0.05, 0) is 30.7 Å². The zero-order chi connectivity index (χ0) is 13.2. The largest absolute Gasteiger partial charge is 0.395 e. The van der Waals surface area contributed by atoms with Gasteiger partial charge in [-0.25, -0.2) is 4.39 Å². The third-order valence-electron chi connectivity index (χ3n) is 3.51. The Morgan fingerprint density at radius 2 is 2.33 bits per heavy atom. The fraction of sp³-hybridized carbons (Fsp3) is 0.538. The molecule has 0 saturated heterocycles. The van der Waals surface area contributed by atoms with E-state index in [1.807, 2.05) is 12.1 Å². The lowest BCUT2D eigenvalue weighted by molar-refractivity contribution is -0.0388. The summed E-state index contributed by atoms with van der Waals surface area (Å²) in [7, 11) is 1.60. The predicted molar refractivity (Wildman–Crippen MR) is 70.7 cm³/mol. The van der Waals surface area contributed by atoms with Gasteiger partial charge in [0.25, 0.3) is 0 Å². The van der Waals surface area contributed by atoms with E-state index in [1.54, 1.807) is 24.9 Å². The van der Waals surface area contributed by atoms with Crippen molar-refractivity contribution in [3.63, 3.8) is 0 Å². The van der Waals surface area contributed by atoms with Gasteiger partial charge >= 0.3 is 0 Å². The van der Waals surface area contributed by atoms with E-state index in [9.17, 15) is 14.6 Å². The average Bonchev–Trinajstić information content (AvgIpc) is 2.86. The van der Waals surface area contributed by atoms with Crippen LogP contribution in [0, 0.1) is 0 Å². The molecule has 0 aliphatic carbocycles. The molecule has 18 heavy (non-hydrogen) atoms. The van der Waals surface area contributed by atoms with Crippen LogP contribution in [0.25, 0.3) is 0 Å². The number of nitrogens with one attached hydrogen (secondary N) is 1. The lowest BCUT2D eigenvalue weighted by atomic mass is 9.87. The Hall–Kier alpha value is -0.620. The number of likely N-dealkylation sites (N-methyl/N-ethyl adjacent to an activating group) is 1. The number of rotatable bonds is 5. The van der Waals surface area contributed by atoms with Crippen molar-refractivity contribution in [3.8, 4) is 0 Å².